The van der Waals surface area contributed by atoms with E-state index < -0.39 is 0 Å². The molecule has 0 unspecified atom stereocenters. The monoisotopic (exact) mass is 296 g/mol. The molecule has 4 heteroatoms. The lowest BCUT2D eigenvalue weighted by Gasteiger charge is -2.33. The first-order chi connectivity index (χ1) is 10.7. The lowest BCUT2D eigenvalue weighted by Crippen LogP contribution is -2.35. The third-order valence-corrected chi connectivity index (χ3v) is 4.60. The first-order valence-electron chi connectivity index (χ1n) is 8.08. The van der Waals surface area contributed by atoms with Crippen molar-refractivity contribution in [2.24, 2.45) is 0 Å². The third kappa shape index (κ3) is 3.63. The van der Waals surface area contributed by atoms with E-state index in [2.05, 4.69) is 52.1 Å². The Balaban J connectivity index is 1.54. The molecule has 1 aromatic carbocycles. The molecule has 2 aromatic rings. The second-order valence-corrected chi connectivity index (χ2v) is 6.23. The van der Waals surface area contributed by atoms with E-state index in [1.54, 1.807) is 6.20 Å². The van der Waals surface area contributed by atoms with E-state index in [0.29, 0.717) is 17.8 Å². The van der Waals surface area contributed by atoms with Gasteiger partial charge in [-0.1, -0.05) is 37.3 Å². The van der Waals surface area contributed by atoms with Crippen molar-refractivity contribution < 1.29 is 0 Å². The summed E-state index contributed by atoms with van der Waals surface area (Å²) in [5, 5.41) is 0. The van der Waals surface area contributed by atoms with Crippen LogP contribution in [0.5, 0.6) is 0 Å². The van der Waals surface area contributed by atoms with Crippen LogP contribution >= 0.6 is 0 Å². The molecule has 2 heterocycles. The number of nitrogen functional groups attached to an aromatic ring is 1. The van der Waals surface area contributed by atoms with Gasteiger partial charge in [0.05, 0.1) is 0 Å². The summed E-state index contributed by atoms with van der Waals surface area (Å²) in [6.07, 6.45) is 4.07. The number of hydrogen-bond donors (Lipinski definition) is 1. The summed E-state index contributed by atoms with van der Waals surface area (Å²) in [4.78, 5) is 10.9. The van der Waals surface area contributed by atoms with Gasteiger partial charge in [-0.15, -0.1) is 0 Å². The van der Waals surface area contributed by atoms with Gasteiger partial charge >= 0.3 is 0 Å². The molecule has 0 spiro atoms. The zero-order valence-corrected chi connectivity index (χ0v) is 13.2. The number of hydrogen-bond acceptors (Lipinski definition) is 4. The number of piperidine rings is 1. The van der Waals surface area contributed by atoms with E-state index in [4.69, 9.17) is 5.73 Å². The Labute approximate surface area is 132 Å². The van der Waals surface area contributed by atoms with Crippen molar-refractivity contribution >= 4 is 5.95 Å². The normalized spacial score (nSPS) is 18.2. The van der Waals surface area contributed by atoms with E-state index in [0.717, 1.165) is 38.2 Å². The van der Waals surface area contributed by atoms with E-state index in [9.17, 15) is 0 Å². The van der Waals surface area contributed by atoms with Crippen LogP contribution in [0, 0.1) is 0 Å². The van der Waals surface area contributed by atoms with E-state index in [1.165, 1.54) is 5.56 Å². The highest BCUT2D eigenvalue weighted by Gasteiger charge is 2.23. The van der Waals surface area contributed by atoms with Gasteiger partial charge in [-0.2, -0.15) is 0 Å². The number of nitrogens with zero attached hydrogens (tertiary/aromatic N) is 3. The zero-order chi connectivity index (χ0) is 15.4. The Morgan fingerprint density at radius 1 is 1.18 bits per heavy atom. The fourth-order valence-corrected chi connectivity index (χ4v) is 3.30. The highest BCUT2D eigenvalue weighted by molar-refractivity contribution is 5.21. The predicted molar refractivity (Wildman–Crippen MR) is 89.7 cm³/mol. The van der Waals surface area contributed by atoms with Gasteiger partial charge in [0.25, 0.3) is 0 Å². The van der Waals surface area contributed by atoms with E-state index in [1.807, 2.05) is 6.07 Å². The molecule has 1 fully saturated rings. The topological polar surface area (TPSA) is 55.0 Å². The molecule has 0 saturated carbocycles. The Morgan fingerprint density at radius 2 is 1.91 bits per heavy atom. The number of anilines is 1. The van der Waals surface area contributed by atoms with Crippen LogP contribution in [0.2, 0.25) is 0 Å². The molecular formula is C18H24N4. The molecule has 1 aliphatic heterocycles. The highest BCUT2D eigenvalue weighted by atomic mass is 15.1. The standard InChI is InChI=1S/C18H24N4/c1-14(15-5-3-2-4-6-15)13-22-11-8-16(9-12-22)17-7-10-20-18(19)21-17/h2-7,10,14,16H,8-9,11-13H2,1H3,(H2,19,20,21)/t14-/m0/s1. The van der Waals surface area contributed by atoms with Crippen LogP contribution < -0.4 is 5.73 Å². The quantitative estimate of drug-likeness (QED) is 0.942. The minimum absolute atomic E-state index is 0.387. The van der Waals surface area contributed by atoms with Crippen molar-refractivity contribution in [3.63, 3.8) is 0 Å². The van der Waals surface area contributed by atoms with Crippen molar-refractivity contribution in [2.75, 3.05) is 25.4 Å². The van der Waals surface area contributed by atoms with Gasteiger partial charge < -0.3 is 10.6 Å². The molecule has 22 heavy (non-hydrogen) atoms. The first kappa shape index (κ1) is 15.0. The van der Waals surface area contributed by atoms with E-state index >= 15 is 0 Å². The molecule has 1 aliphatic rings. The van der Waals surface area contributed by atoms with Crippen LogP contribution in [-0.2, 0) is 0 Å². The molecule has 0 radical (unpaired) electrons. The largest absolute Gasteiger partial charge is 0.368 e. The Bertz CT molecular complexity index is 591. The molecule has 4 nitrogen and oxygen atoms in total. The van der Waals surface area contributed by atoms with Gasteiger partial charge in [-0.3, -0.25) is 0 Å². The predicted octanol–water partition coefficient (Wildman–Crippen LogP) is 3.04. The number of benzene rings is 1. The molecular weight excluding hydrogens is 272 g/mol. The number of nitrogens with two attached hydrogens (primary N) is 1. The summed E-state index contributed by atoms with van der Waals surface area (Å²) in [7, 11) is 0. The van der Waals surface area contributed by atoms with Crippen LogP contribution in [0.25, 0.3) is 0 Å². The first-order valence-corrected chi connectivity index (χ1v) is 8.08. The van der Waals surface area contributed by atoms with Crippen molar-refractivity contribution in [2.45, 2.75) is 31.6 Å². The van der Waals surface area contributed by atoms with Gasteiger partial charge in [0, 0.05) is 24.4 Å². The molecule has 1 atom stereocenters. The van der Waals surface area contributed by atoms with Crippen LogP contribution in [-0.4, -0.2) is 34.5 Å². The van der Waals surface area contributed by atoms with Crippen molar-refractivity contribution in [1.82, 2.24) is 14.9 Å². The molecule has 1 aromatic heterocycles. The average Bonchev–Trinajstić information content (AvgIpc) is 2.56. The van der Waals surface area contributed by atoms with Gasteiger partial charge in [-0.05, 0) is 43.5 Å². The van der Waals surface area contributed by atoms with Crippen LogP contribution in [0.4, 0.5) is 5.95 Å². The summed E-state index contributed by atoms with van der Waals surface area (Å²) in [5.41, 5.74) is 8.21. The second-order valence-electron chi connectivity index (χ2n) is 6.23. The maximum atomic E-state index is 5.69. The molecule has 1 saturated heterocycles. The fourth-order valence-electron chi connectivity index (χ4n) is 3.30. The Hall–Kier alpha value is -1.94. The molecule has 3 rings (SSSR count). The lowest BCUT2D eigenvalue weighted by atomic mass is 9.92. The summed E-state index contributed by atoms with van der Waals surface area (Å²) in [6.45, 7) is 5.70. The summed E-state index contributed by atoms with van der Waals surface area (Å²) in [6, 6.07) is 12.8. The molecule has 0 aliphatic carbocycles. The molecule has 0 amide bonds. The number of aromatic nitrogens is 2. The van der Waals surface area contributed by atoms with Crippen LogP contribution in [0.15, 0.2) is 42.6 Å². The number of likely N-dealkylation sites (tertiary alicyclic amines) is 1. The molecule has 2 N–H and O–H groups in total. The van der Waals surface area contributed by atoms with Crippen molar-refractivity contribution in [1.29, 1.82) is 0 Å². The second kappa shape index (κ2) is 6.88. The van der Waals surface area contributed by atoms with Gasteiger partial charge in [0.2, 0.25) is 5.95 Å². The maximum absolute atomic E-state index is 5.69. The fraction of sp³-hybridized carbons (Fsp3) is 0.444. The highest BCUT2D eigenvalue weighted by Crippen LogP contribution is 2.28. The average molecular weight is 296 g/mol. The van der Waals surface area contributed by atoms with Crippen LogP contribution in [0.1, 0.15) is 42.9 Å². The SMILES string of the molecule is C[C@@H](CN1CCC(c2ccnc(N)n2)CC1)c1ccccc1. The van der Waals surface area contributed by atoms with Crippen LogP contribution in [0.3, 0.4) is 0 Å². The number of rotatable bonds is 4. The van der Waals surface area contributed by atoms with Gasteiger partial charge in [-0.25, -0.2) is 9.97 Å². The van der Waals surface area contributed by atoms with Crippen molar-refractivity contribution in [3.8, 4) is 0 Å². The Kier molecular flexibility index (Phi) is 4.68. The maximum Gasteiger partial charge on any atom is 0.220 e. The minimum Gasteiger partial charge on any atom is -0.368 e. The van der Waals surface area contributed by atoms with Gasteiger partial charge in [0.15, 0.2) is 0 Å². The Morgan fingerprint density at radius 3 is 2.59 bits per heavy atom. The smallest absolute Gasteiger partial charge is 0.220 e. The summed E-state index contributed by atoms with van der Waals surface area (Å²) in [5.74, 6) is 1.48. The third-order valence-electron chi connectivity index (χ3n) is 4.60. The zero-order valence-electron chi connectivity index (χ0n) is 13.2. The van der Waals surface area contributed by atoms with Crippen molar-refractivity contribution in [3.05, 3.63) is 53.9 Å². The van der Waals surface area contributed by atoms with E-state index in [-0.39, 0.29) is 0 Å². The molecule has 116 valence electrons. The lowest BCUT2D eigenvalue weighted by molar-refractivity contribution is 0.202. The summed E-state index contributed by atoms with van der Waals surface area (Å²) >= 11 is 0. The summed E-state index contributed by atoms with van der Waals surface area (Å²) < 4.78 is 0. The molecule has 0 bridgehead atoms. The van der Waals surface area contributed by atoms with Gasteiger partial charge in [0.1, 0.15) is 0 Å². The minimum atomic E-state index is 0.387.